The van der Waals surface area contributed by atoms with Crippen molar-refractivity contribution in [1.82, 2.24) is 15.1 Å². The van der Waals surface area contributed by atoms with Gasteiger partial charge in [-0.2, -0.15) is 0 Å². The van der Waals surface area contributed by atoms with E-state index in [0.717, 1.165) is 5.56 Å². The molecule has 0 atom stereocenters. The third kappa shape index (κ3) is 6.41. The van der Waals surface area contributed by atoms with E-state index in [2.05, 4.69) is 10.6 Å². The van der Waals surface area contributed by atoms with Gasteiger partial charge in [0.1, 0.15) is 0 Å². The Balaban J connectivity index is 1.70. The fourth-order valence-electron chi connectivity index (χ4n) is 2.68. The van der Waals surface area contributed by atoms with Crippen LogP contribution < -0.4 is 10.6 Å². The van der Waals surface area contributed by atoms with Gasteiger partial charge in [-0.25, -0.2) is 4.79 Å². The van der Waals surface area contributed by atoms with E-state index < -0.39 is 0 Å². The third-order valence-corrected chi connectivity index (χ3v) is 4.66. The van der Waals surface area contributed by atoms with E-state index in [9.17, 15) is 14.4 Å². The van der Waals surface area contributed by atoms with E-state index in [1.165, 1.54) is 0 Å². The monoisotopic (exact) mass is 396 g/mol. The van der Waals surface area contributed by atoms with Gasteiger partial charge in [-0.3, -0.25) is 14.5 Å². The van der Waals surface area contributed by atoms with E-state index >= 15 is 0 Å². The van der Waals surface area contributed by atoms with Gasteiger partial charge in [-0.05, 0) is 31.5 Å². The number of carbonyl (C=O) groups is 3. The predicted octanol–water partition coefficient (Wildman–Crippen LogP) is 1.48. The molecule has 8 nitrogen and oxygen atoms in total. The lowest BCUT2D eigenvalue weighted by Gasteiger charge is -2.33. The number of rotatable bonds is 6. The highest BCUT2D eigenvalue weighted by molar-refractivity contribution is 6.31. The molecular formula is C18H25ClN4O4. The zero-order chi connectivity index (χ0) is 19.8. The maximum Gasteiger partial charge on any atom is 0.409 e. The largest absolute Gasteiger partial charge is 0.450 e. The summed E-state index contributed by atoms with van der Waals surface area (Å²) in [5.41, 5.74) is 1.40. The molecule has 0 unspecified atom stereocenters. The first-order valence-corrected chi connectivity index (χ1v) is 9.24. The van der Waals surface area contributed by atoms with E-state index in [0.29, 0.717) is 43.5 Å². The van der Waals surface area contributed by atoms with Gasteiger partial charge in [0.25, 0.3) is 0 Å². The van der Waals surface area contributed by atoms with Crippen molar-refractivity contribution in [3.8, 4) is 0 Å². The van der Waals surface area contributed by atoms with Crippen molar-refractivity contribution in [2.45, 2.75) is 13.8 Å². The molecule has 0 aromatic heterocycles. The number of piperazine rings is 1. The van der Waals surface area contributed by atoms with Crippen LogP contribution in [-0.2, 0) is 14.3 Å². The number of hydrogen-bond donors (Lipinski definition) is 2. The van der Waals surface area contributed by atoms with Crippen molar-refractivity contribution in [3.05, 3.63) is 28.8 Å². The maximum absolute atomic E-state index is 12.0. The molecule has 1 aliphatic rings. The zero-order valence-electron chi connectivity index (χ0n) is 15.6. The summed E-state index contributed by atoms with van der Waals surface area (Å²) in [4.78, 5) is 39.3. The highest BCUT2D eigenvalue weighted by atomic mass is 35.5. The number of nitrogens with one attached hydrogen (secondary N) is 2. The van der Waals surface area contributed by atoms with E-state index in [-0.39, 0.29) is 31.0 Å². The van der Waals surface area contributed by atoms with Gasteiger partial charge in [0.05, 0.1) is 19.7 Å². The number of nitrogens with zero attached hydrogens (tertiary/aromatic N) is 2. The van der Waals surface area contributed by atoms with E-state index in [1.807, 2.05) is 11.8 Å². The Labute approximate surface area is 163 Å². The van der Waals surface area contributed by atoms with Crippen LogP contribution in [0, 0.1) is 6.92 Å². The third-order valence-electron chi connectivity index (χ3n) is 4.25. The second kappa shape index (κ2) is 10.1. The van der Waals surface area contributed by atoms with Gasteiger partial charge in [0.15, 0.2) is 0 Å². The molecule has 1 aromatic carbocycles. The van der Waals surface area contributed by atoms with Crippen molar-refractivity contribution in [3.63, 3.8) is 0 Å². The predicted molar refractivity (Wildman–Crippen MR) is 103 cm³/mol. The van der Waals surface area contributed by atoms with Crippen molar-refractivity contribution in [1.29, 1.82) is 0 Å². The highest BCUT2D eigenvalue weighted by Crippen LogP contribution is 2.22. The van der Waals surface area contributed by atoms with E-state index in [4.69, 9.17) is 16.3 Å². The summed E-state index contributed by atoms with van der Waals surface area (Å²) in [6, 6.07) is 5.25. The van der Waals surface area contributed by atoms with Crippen LogP contribution in [0.2, 0.25) is 5.02 Å². The second-order valence-corrected chi connectivity index (χ2v) is 6.61. The Morgan fingerprint density at radius 1 is 1.15 bits per heavy atom. The minimum atomic E-state index is -0.324. The lowest BCUT2D eigenvalue weighted by molar-refractivity contribution is -0.125. The summed E-state index contributed by atoms with van der Waals surface area (Å²) in [5, 5.41) is 5.91. The molecule has 2 N–H and O–H groups in total. The van der Waals surface area contributed by atoms with Crippen LogP contribution in [0.15, 0.2) is 18.2 Å². The fraction of sp³-hybridized carbons (Fsp3) is 0.500. The van der Waals surface area contributed by atoms with Crippen LogP contribution in [0.3, 0.4) is 0 Å². The molecule has 3 amide bonds. The number of benzene rings is 1. The minimum absolute atomic E-state index is 0.117. The first-order valence-electron chi connectivity index (χ1n) is 8.86. The number of hydrogen-bond acceptors (Lipinski definition) is 5. The highest BCUT2D eigenvalue weighted by Gasteiger charge is 2.23. The van der Waals surface area contributed by atoms with E-state index in [1.54, 1.807) is 30.0 Å². The summed E-state index contributed by atoms with van der Waals surface area (Å²) < 4.78 is 4.96. The standard InChI is InChI=1S/C18H25ClN4O4/c1-3-27-18(26)23-9-7-22(8-10-23)12-17(25)20-11-16(24)21-15-6-4-5-14(19)13(15)2/h4-6H,3,7-12H2,1-2H3,(H,20,25)(H,21,24). The van der Waals surface area contributed by atoms with Crippen LogP contribution in [0.1, 0.15) is 12.5 Å². The normalized spacial score (nSPS) is 14.6. The zero-order valence-corrected chi connectivity index (χ0v) is 16.3. The summed E-state index contributed by atoms with van der Waals surface area (Å²) in [6.07, 6.45) is -0.324. The van der Waals surface area contributed by atoms with Crippen molar-refractivity contribution < 1.29 is 19.1 Å². The summed E-state index contributed by atoms with van der Waals surface area (Å²) in [5.74, 6) is -0.557. The lowest BCUT2D eigenvalue weighted by atomic mass is 10.2. The Bertz CT molecular complexity index is 690. The first kappa shape index (κ1) is 21.0. The molecule has 27 heavy (non-hydrogen) atoms. The van der Waals surface area contributed by atoms with Gasteiger partial charge in [0, 0.05) is 36.9 Å². The maximum atomic E-state index is 12.0. The molecule has 2 rings (SSSR count). The summed E-state index contributed by atoms with van der Waals surface area (Å²) >= 11 is 6.02. The lowest BCUT2D eigenvalue weighted by Crippen LogP contribution is -2.51. The van der Waals surface area contributed by atoms with Crippen LogP contribution in [0.4, 0.5) is 10.5 Å². The molecule has 9 heteroatoms. The average molecular weight is 397 g/mol. The fourth-order valence-corrected chi connectivity index (χ4v) is 2.85. The Morgan fingerprint density at radius 3 is 2.52 bits per heavy atom. The summed E-state index contributed by atoms with van der Waals surface area (Å²) in [7, 11) is 0. The molecule has 0 bridgehead atoms. The number of carbonyl (C=O) groups excluding carboxylic acids is 3. The SMILES string of the molecule is CCOC(=O)N1CCN(CC(=O)NCC(=O)Nc2cccc(Cl)c2C)CC1. The molecule has 0 saturated carbocycles. The quantitative estimate of drug-likeness (QED) is 0.760. The molecule has 0 radical (unpaired) electrons. The van der Waals surface area contributed by atoms with Crippen LogP contribution in [-0.4, -0.2) is 73.6 Å². The molecule has 0 aliphatic carbocycles. The van der Waals surface area contributed by atoms with Crippen LogP contribution in [0.25, 0.3) is 0 Å². The molecule has 1 saturated heterocycles. The van der Waals surface area contributed by atoms with Gasteiger partial charge < -0.3 is 20.3 Å². The smallest absolute Gasteiger partial charge is 0.409 e. The Hall–Kier alpha value is -2.32. The van der Waals surface area contributed by atoms with Gasteiger partial charge in [-0.1, -0.05) is 17.7 Å². The van der Waals surface area contributed by atoms with Crippen molar-refractivity contribution in [2.24, 2.45) is 0 Å². The van der Waals surface area contributed by atoms with Crippen LogP contribution >= 0.6 is 11.6 Å². The Kier molecular flexibility index (Phi) is 7.87. The number of anilines is 1. The van der Waals surface area contributed by atoms with Gasteiger partial charge in [0.2, 0.25) is 11.8 Å². The second-order valence-electron chi connectivity index (χ2n) is 6.20. The molecule has 1 aliphatic heterocycles. The topological polar surface area (TPSA) is 91.0 Å². The number of halogens is 1. The molecule has 1 heterocycles. The van der Waals surface area contributed by atoms with Crippen LogP contribution in [0.5, 0.6) is 0 Å². The molecule has 1 fully saturated rings. The van der Waals surface area contributed by atoms with Crippen molar-refractivity contribution >= 4 is 35.2 Å². The van der Waals surface area contributed by atoms with Gasteiger partial charge >= 0.3 is 6.09 Å². The Morgan fingerprint density at radius 2 is 1.85 bits per heavy atom. The molecule has 0 spiro atoms. The molecular weight excluding hydrogens is 372 g/mol. The average Bonchev–Trinajstić information content (AvgIpc) is 2.64. The van der Waals surface area contributed by atoms with Crippen molar-refractivity contribution in [2.75, 3.05) is 51.2 Å². The molecule has 1 aromatic rings. The van der Waals surface area contributed by atoms with Gasteiger partial charge in [-0.15, -0.1) is 0 Å². The summed E-state index contributed by atoms with van der Waals surface area (Å²) in [6.45, 7) is 6.18. The number of amides is 3. The molecule has 148 valence electrons. The first-order chi connectivity index (χ1) is 12.9. The number of ether oxygens (including phenoxy) is 1. The minimum Gasteiger partial charge on any atom is -0.450 e.